The van der Waals surface area contributed by atoms with Crippen LogP contribution in [0, 0.1) is 5.92 Å². The highest BCUT2D eigenvalue weighted by atomic mass is 16.5. The summed E-state index contributed by atoms with van der Waals surface area (Å²) in [5.41, 5.74) is 10.4. The third-order valence-electron chi connectivity index (χ3n) is 9.27. The summed E-state index contributed by atoms with van der Waals surface area (Å²) in [6.45, 7) is 2.01. The first-order chi connectivity index (χ1) is 16.4. The summed E-state index contributed by atoms with van der Waals surface area (Å²) in [7, 11) is 1.61. The number of para-hydroxylation sites is 1. The fraction of sp³-hybridized carbons (Fsp3) is 0.464. The van der Waals surface area contributed by atoms with Crippen molar-refractivity contribution in [3.05, 3.63) is 64.3 Å². The fourth-order valence-electron chi connectivity index (χ4n) is 7.55. The van der Waals surface area contributed by atoms with Crippen molar-refractivity contribution in [2.24, 2.45) is 11.7 Å². The summed E-state index contributed by atoms with van der Waals surface area (Å²) >= 11 is 0. The molecule has 2 heterocycles. The van der Waals surface area contributed by atoms with Crippen molar-refractivity contribution in [3.8, 4) is 5.75 Å². The number of carbonyl (C=O) groups excluding carboxylic acids is 1. The van der Waals surface area contributed by atoms with E-state index < -0.39 is 16.9 Å². The Labute approximate surface area is 199 Å². The number of aromatic nitrogens is 1. The maximum absolute atomic E-state index is 12.9. The first-order valence-electron chi connectivity index (χ1n) is 12.5. The molecule has 1 saturated heterocycles. The largest absolute Gasteiger partial charge is 0.496 e. The molecular weight excluding hydrogens is 426 g/mol. The van der Waals surface area contributed by atoms with E-state index in [9.17, 15) is 9.90 Å². The van der Waals surface area contributed by atoms with Gasteiger partial charge in [-0.05, 0) is 61.4 Å². The second-order valence-corrected chi connectivity index (χ2v) is 10.9. The van der Waals surface area contributed by atoms with E-state index in [0.29, 0.717) is 24.2 Å². The van der Waals surface area contributed by atoms with E-state index in [2.05, 4.69) is 34.1 Å². The third kappa shape index (κ3) is 2.56. The van der Waals surface area contributed by atoms with E-state index in [1.54, 1.807) is 13.2 Å². The van der Waals surface area contributed by atoms with Crippen LogP contribution in [0.15, 0.2) is 36.4 Å². The topological polar surface area (TPSA) is 91.6 Å². The quantitative estimate of drug-likeness (QED) is 0.562. The number of rotatable bonds is 4. The normalized spacial score (nSPS) is 29.9. The highest BCUT2D eigenvalue weighted by Crippen LogP contribution is 2.60. The van der Waals surface area contributed by atoms with Gasteiger partial charge in [0.1, 0.15) is 5.75 Å². The number of hydrogen-bond donors (Lipinski definition) is 3. The minimum Gasteiger partial charge on any atom is -0.496 e. The summed E-state index contributed by atoms with van der Waals surface area (Å²) in [6.07, 6.45) is 5.48. The fourth-order valence-corrected chi connectivity index (χ4v) is 7.55. The summed E-state index contributed by atoms with van der Waals surface area (Å²) in [5, 5.41) is 14.1. The average molecular weight is 458 g/mol. The molecule has 0 radical (unpaired) electrons. The first kappa shape index (κ1) is 20.5. The predicted molar refractivity (Wildman–Crippen MR) is 130 cm³/mol. The van der Waals surface area contributed by atoms with Gasteiger partial charge >= 0.3 is 0 Å². The number of carbonyl (C=O) groups is 1. The van der Waals surface area contributed by atoms with Crippen LogP contribution in [-0.4, -0.2) is 52.7 Å². The number of hydrogen-bond acceptors (Lipinski definition) is 4. The first-order valence-corrected chi connectivity index (χ1v) is 12.5. The van der Waals surface area contributed by atoms with Crippen molar-refractivity contribution in [2.45, 2.75) is 55.6 Å². The van der Waals surface area contributed by atoms with Crippen LogP contribution in [0.3, 0.4) is 0 Å². The Morgan fingerprint density at radius 3 is 2.82 bits per heavy atom. The van der Waals surface area contributed by atoms with Gasteiger partial charge in [-0.15, -0.1) is 0 Å². The minimum atomic E-state index is -0.950. The number of methoxy groups -OCH3 is 1. The summed E-state index contributed by atoms with van der Waals surface area (Å²) < 4.78 is 5.90. The van der Waals surface area contributed by atoms with E-state index in [1.807, 2.05) is 6.07 Å². The zero-order valence-electron chi connectivity index (χ0n) is 19.6. The highest BCUT2D eigenvalue weighted by molar-refractivity contribution is 5.96. The van der Waals surface area contributed by atoms with Gasteiger partial charge in [0.05, 0.1) is 18.3 Å². The van der Waals surface area contributed by atoms with Crippen molar-refractivity contribution < 1.29 is 14.6 Å². The molecule has 4 aliphatic rings. The molecule has 34 heavy (non-hydrogen) atoms. The van der Waals surface area contributed by atoms with Crippen LogP contribution >= 0.6 is 0 Å². The Balaban J connectivity index is 1.49. The third-order valence-corrected chi connectivity index (χ3v) is 9.27. The van der Waals surface area contributed by atoms with Crippen LogP contribution in [-0.2, 0) is 24.7 Å². The molecule has 1 aliphatic heterocycles. The van der Waals surface area contributed by atoms with Crippen LogP contribution in [0.4, 0.5) is 0 Å². The molecule has 1 saturated carbocycles. The number of piperidine rings is 1. The number of likely N-dealkylation sites (tertiary alicyclic amines) is 1. The number of fused-ring (bicyclic) bond motifs is 4. The molecular formula is C28H31N3O3. The van der Waals surface area contributed by atoms with Crippen LogP contribution in [0.2, 0.25) is 0 Å². The van der Waals surface area contributed by atoms with Crippen molar-refractivity contribution in [2.75, 3.05) is 20.2 Å². The summed E-state index contributed by atoms with van der Waals surface area (Å²) in [4.78, 5) is 18.6. The molecule has 2 fully saturated rings. The van der Waals surface area contributed by atoms with E-state index in [4.69, 9.17) is 10.5 Å². The molecule has 7 rings (SSSR count). The number of ether oxygens (including phenoxy) is 1. The van der Waals surface area contributed by atoms with Crippen LogP contribution < -0.4 is 10.5 Å². The van der Waals surface area contributed by atoms with Crippen molar-refractivity contribution in [1.82, 2.24) is 9.88 Å². The number of H-pyrrole nitrogens is 1. The number of aromatic amines is 1. The standard InChI is InChI=1S/C28H31N3O3/c1-34-25-19(26(29)32)9-8-17-12-23-28(33)13-20-18-4-2-3-5-21(18)30-22(20)14-27(28,24(17)25)10-11-31(23)15-16-6-7-16/h2-5,8-9,16,23,30,33H,6-7,10-15H2,1H3,(H2,29,32)/t23-,27-,28-/m1/s1. The number of aliphatic hydroxyl groups is 1. The van der Waals surface area contributed by atoms with E-state index in [1.165, 1.54) is 35.0 Å². The summed E-state index contributed by atoms with van der Waals surface area (Å²) in [5.74, 6) is 0.823. The zero-order valence-corrected chi connectivity index (χ0v) is 19.6. The van der Waals surface area contributed by atoms with Crippen molar-refractivity contribution in [1.29, 1.82) is 0 Å². The number of amides is 1. The summed E-state index contributed by atoms with van der Waals surface area (Å²) in [6, 6.07) is 12.3. The second-order valence-electron chi connectivity index (χ2n) is 10.9. The van der Waals surface area contributed by atoms with E-state index in [-0.39, 0.29) is 6.04 Å². The second kappa shape index (κ2) is 6.86. The Morgan fingerprint density at radius 1 is 1.24 bits per heavy atom. The molecule has 4 N–H and O–H groups in total. The van der Waals surface area contributed by atoms with Gasteiger partial charge in [0.2, 0.25) is 0 Å². The van der Waals surface area contributed by atoms with Gasteiger partial charge in [-0.2, -0.15) is 0 Å². The highest BCUT2D eigenvalue weighted by Gasteiger charge is 2.66. The van der Waals surface area contributed by atoms with Crippen LogP contribution in [0.5, 0.6) is 5.75 Å². The Hall–Kier alpha value is -2.83. The van der Waals surface area contributed by atoms with Gasteiger partial charge in [-0.3, -0.25) is 9.69 Å². The van der Waals surface area contributed by atoms with Gasteiger partial charge in [-0.1, -0.05) is 24.3 Å². The number of primary amides is 1. The number of nitrogens with one attached hydrogen (secondary N) is 1. The lowest BCUT2D eigenvalue weighted by Gasteiger charge is -2.63. The van der Waals surface area contributed by atoms with Crippen molar-refractivity contribution in [3.63, 3.8) is 0 Å². The predicted octanol–water partition coefficient (Wildman–Crippen LogP) is 3.08. The smallest absolute Gasteiger partial charge is 0.252 e. The molecule has 0 spiro atoms. The molecule has 3 aromatic rings. The monoisotopic (exact) mass is 457 g/mol. The Morgan fingerprint density at radius 2 is 2.06 bits per heavy atom. The lowest BCUT2D eigenvalue weighted by Crippen LogP contribution is -2.74. The van der Waals surface area contributed by atoms with Crippen molar-refractivity contribution >= 4 is 16.8 Å². The number of benzene rings is 2. The zero-order chi connectivity index (χ0) is 23.2. The molecule has 2 aromatic carbocycles. The van der Waals surface area contributed by atoms with Gasteiger partial charge in [0.25, 0.3) is 5.91 Å². The Bertz CT molecular complexity index is 1340. The molecule has 3 aliphatic carbocycles. The molecule has 1 amide bonds. The van der Waals surface area contributed by atoms with Gasteiger partial charge in [0.15, 0.2) is 0 Å². The molecule has 6 heteroatoms. The SMILES string of the molecule is COc1c(C(N)=O)ccc2c1[C@]13CCN(CC4CC4)[C@H](C2)[C@]1(O)Cc1c([nH]c2ccccc12)C3. The lowest BCUT2D eigenvalue weighted by molar-refractivity contribution is -0.152. The molecule has 0 unspecified atom stereocenters. The Kier molecular flexibility index (Phi) is 4.14. The van der Waals surface area contributed by atoms with E-state index in [0.717, 1.165) is 42.9 Å². The molecule has 1 aromatic heterocycles. The maximum atomic E-state index is 12.9. The van der Waals surface area contributed by atoms with Crippen LogP contribution in [0.1, 0.15) is 52.0 Å². The lowest BCUT2D eigenvalue weighted by atomic mass is 9.49. The molecule has 176 valence electrons. The van der Waals surface area contributed by atoms with Gasteiger partial charge in [0, 0.05) is 53.0 Å². The van der Waals surface area contributed by atoms with E-state index >= 15 is 0 Å². The molecule has 3 atom stereocenters. The molecule has 2 bridgehead atoms. The molecule has 6 nitrogen and oxygen atoms in total. The maximum Gasteiger partial charge on any atom is 0.252 e. The minimum absolute atomic E-state index is 0.0419. The van der Waals surface area contributed by atoms with Gasteiger partial charge in [-0.25, -0.2) is 0 Å². The van der Waals surface area contributed by atoms with Crippen LogP contribution in [0.25, 0.3) is 10.9 Å². The number of nitrogens with zero attached hydrogens (tertiary/aromatic N) is 1. The van der Waals surface area contributed by atoms with Gasteiger partial charge < -0.3 is 20.6 Å². The average Bonchev–Trinajstić information content (AvgIpc) is 3.58. The number of nitrogens with two attached hydrogens (primary N) is 1.